The molecule has 45 heavy (non-hydrogen) atoms. The average molecular weight is 607 g/mol. The van der Waals surface area contributed by atoms with Crippen LogP contribution in [-0.4, -0.2) is 48.4 Å². The van der Waals surface area contributed by atoms with Gasteiger partial charge in [0.05, 0.1) is 26.5 Å². The molecule has 1 fully saturated rings. The van der Waals surface area contributed by atoms with Crippen LogP contribution in [-0.2, 0) is 22.5 Å². The Bertz CT molecular complexity index is 1830. The Balaban J connectivity index is 1.25. The Kier molecular flexibility index (Phi) is 7.73. The number of amides is 1. The summed E-state index contributed by atoms with van der Waals surface area (Å²) in [5.41, 5.74) is 7.87. The van der Waals surface area contributed by atoms with Gasteiger partial charge in [0.2, 0.25) is 0 Å². The third-order valence-electron chi connectivity index (χ3n) is 9.62. The molecular weight excluding hydrogens is 568 g/mol. The summed E-state index contributed by atoms with van der Waals surface area (Å²) in [6.45, 7) is 1.14. The van der Waals surface area contributed by atoms with E-state index >= 15 is 0 Å². The third-order valence-corrected chi connectivity index (χ3v) is 9.62. The van der Waals surface area contributed by atoms with Crippen LogP contribution in [0.1, 0.15) is 71.5 Å². The first kappa shape index (κ1) is 29.0. The maximum atomic E-state index is 13.8. The molecular formula is C37H38N2O6. The van der Waals surface area contributed by atoms with Gasteiger partial charge in [-0.3, -0.25) is 4.79 Å². The van der Waals surface area contributed by atoms with Crippen LogP contribution in [0.15, 0.2) is 60.7 Å². The number of carbonyl (C=O) groups is 2. The summed E-state index contributed by atoms with van der Waals surface area (Å²) in [5, 5.41) is 14.2. The fourth-order valence-electron chi connectivity index (χ4n) is 7.41. The molecule has 0 spiro atoms. The van der Waals surface area contributed by atoms with Crippen molar-refractivity contribution in [1.29, 1.82) is 0 Å². The minimum Gasteiger partial charge on any atom is -0.508 e. The van der Waals surface area contributed by atoms with Gasteiger partial charge >= 0.3 is 5.97 Å². The molecule has 7 rings (SSSR count). The fourth-order valence-corrected chi connectivity index (χ4v) is 7.41. The molecule has 232 valence electrons. The van der Waals surface area contributed by atoms with Gasteiger partial charge in [-0.15, -0.1) is 0 Å². The van der Waals surface area contributed by atoms with Crippen LogP contribution < -0.4 is 14.8 Å². The Morgan fingerprint density at radius 2 is 1.87 bits per heavy atom. The van der Waals surface area contributed by atoms with E-state index in [-0.39, 0.29) is 18.1 Å². The van der Waals surface area contributed by atoms with Gasteiger partial charge in [0.25, 0.3) is 5.91 Å². The van der Waals surface area contributed by atoms with Gasteiger partial charge in [0.15, 0.2) is 0 Å². The third kappa shape index (κ3) is 5.32. The molecule has 3 aliphatic rings. The fraction of sp³-hybridized carbons (Fsp3) is 0.351. The highest BCUT2D eigenvalue weighted by atomic mass is 16.5. The predicted octanol–water partition coefficient (Wildman–Crippen LogP) is 6.76. The first-order chi connectivity index (χ1) is 21.9. The number of benzene rings is 3. The highest BCUT2D eigenvalue weighted by molar-refractivity contribution is 6.02. The number of ether oxygens (including phenoxy) is 3. The molecule has 1 aromatic heterocycles. The summed E-state index contributed by atoms with van der Waals surface area (Å²) >= 11 is 0. The minimum atomic E-state index is -0.879. The molecule has 2 heterocycles. The molecule has 0 unspecified atom stereocenters. The van der Waals surface area contributed by atoms with Gasteiger partial charge in [0.1, 0.15) is 29.9 Å². The Morgan fingerprint density at radius 1 is 1.02 bits per heavy atom. The zero-order valence-electron chi connectivity index (χ0n) is 25.7. The summed E-state index contributed by atoms with van der Waals surface area (Å²) in [5.74, 6) is 1.30. The number of esters is 1. The first-order valence-electron chi connectivity index (χ1n) is 15.8. The molecule has 2 aliphatic carbocycles. The lowest BCUT2D eigenvalue weighted by Gasteiger charge is -2.23. The number of nitrogens with one attached hydrogen (secondary N) is 1. The van der Waals surface area contributed by atoms with Crippen LogP contribution in [0.2, 0.25) is 0 Å². The number of aromatic nitrogens is 1. The first-order valence-corrected chi connectivity index (χ1v) is 15.8. The van der Waals surface area contributed by atoms with E-state index in [1.165, 1.54) is 31.9 Å². The SMILES string of the molecule is COC(=O)[C@H](CC1=CCc2ccc(O)cc21)NC(=O)c1ccc2c(C3CCCCC3)c3n(c2c1)CCOc1cc(OC)ccc1-3. The van der Waals surface area contributed by atoms with E-state index in [9.17, 15) is 14.7 Å². The lowest BCUT2D eigenvalue weighted by Crippen LogP contribution is -2.41. The number of allylic oxidation sites excluding steroid dienone is 1. The van der Waals surface area contributed by atoms with Crippen molar-refractivity contribution in [2.45, 2.75) is 63.5 Å². The zero-order chi connectivity index (χ0) is 31.1. The van der Waals surface area contributed by atoms with Crippen molar-refractivity contribution in [2.24, 2.45) is 0 Å². The number of hydrogen-bond acceptors (Lipinski definition) is 6. The number of phenolic OH excluding ortho intramolecular Hbond substituents is 1. The van der Waals surface area contributed by atoms with E-state index in [0.29, 0.717) is 31.1 Å². The highest BCUT2D eigenvalue weighted by Gasteiger charge is 2.31. The molecule has 3 aromatic carbocycles. The van der Waals surface area contributed by atoms with Crippen LogP contribution in [0.25, 0.3) is 27.7 Å². The standard InChI is InChI=1S/C37H38N2O6/c1-43-27-13-15-29-33(21-27)45-17-16-39-32-19-25(11-14-28(32)34(35(29)39)23-6-4-3-5-7-23)36(41)38-31(37(42)44-2)18-24-9-8-22-10-12-26(40)20-30(22)24/h9-15,19-21,23,31,40H,3-8,16-18H2,1-2H3,(H,38,41)/t31-/m0/s1. The number of fused-ring (bicyclic) bond motifs is 6. The Labute approximate surface area is 262 Å². The van der Waals surface area contributed by atoms with Gasteiger partial charge in [-0.1, -0.05) is 37.5 Å². The van der Waals surface area contributed by atoms with Gasteiger partial charge in [0, 0.05) is 34.5 Å². The summed E-state index contributed by atoms with van der Waals surface area (Å²) < 4.78 is 19.1. The molecule has 8 heteroatoms. The zero-order valence-corrected chi connectivity index (χ0v) is 25.7. The van der Waals surface area contributed by atoms with Crippen molar-refractivity contribution in [1.82, 2.24) is 9.88 Å². The van der Waals surface area contributed by atoms with E-state index in [2.05, 4.69) is 22.0 Å². The maximum Gasteiger partial charge on any atom is 0.328 e. The molecule has 0 bridgehead atoms. The smallest absolute Gasteiger partial charge is 0.328 e. The number of aromatic hydroxyl groups is 1. The largest absolute Gasteiger partial charge is 0.508 e. The van der Waals surface area contributed by atoms with Gasteiger partial charge in [-0.2, -0.15) is 0 Å². The van der Waals surface area contributed by atoms with Crippen LogP contribution >= 0.6 is 0 Å². The molecule has 1 amide bonds. The molecule has 0 saturated heterocycles. The van der Waals surface area contributed by atoms with Crippen LogP contribution in [0.4, 0.5) is 0 Å². The van der Waals surface area contributed by atoms with E-state index in [1.54, 1.807) is 19.2 Å². The van der Waals surface area contributed by atoms with E-state index in [4.69, 9.17) is 14.2 Å². The number of rotatable bonds is 7. The van der Waals surface area contributed by atoms with E-state index in [1.807, 2.05) is 36.4 Å². The molecule has 8 nitrogen and oxygen atoms in total. The van der Waals surface area contributed by atoms with Crippen LogP contribution in [0.5, 0.6) is 17.2 Å². The van der Waals surface area contributed by atoms with Crippen LogP contribution in [0.3, 0.4) is 0 Å². The number of nitrogens with zero attached hydrogens (tertiary/aromatic N) is 1. The highest BCUT2D eigenvalue weighted by Crippen LogP contribution is 2.47. The monoisotopic (exact) mass is 606 g/mol. The normalized spacial score (nSPS) is 16.4. The number of methoxy groups -OCH3 is 2. The summed E-state index contributed by atoms with van der Waals surface area (Å²) in [6.07, 6.45) is 8.97. The van der Waals surface area contributed by atoms with Crippen molar-refractivity contribution in [3.05, 3.63) is 82.9 Å². The lowest BCUT2D eigenvalue weighted by atomic mass is 9.81. The average Bonchev–Trinajstić information content (AvgIpc) is 3.55. The topological polar surface area (TPSA) is 99.0 Å². The van der Waals surface area contributed by atoms with E-state index in [0.717, 1.165) is 63.2 Å². The van der Waals surface area contributed by atoms with Crippen molar-refractivity contribution in [3.63, 3.8) is 0 Å². The molecule has 4 aromatic rings. The molecule has 1 atom stereocenters. The van der Waals surface area contributed by atoms with Gasteiger partial charge < -0.3 is 29.2 Å². The number of carbonyl (C=O) groups excluding carboxylic acids is 2. The van der Waals surface area contributed by atoms with Crippen molar-refractivity contribution in [3.8, 4) is 28.5 Å². The summed E-state index contributed by atoms with van der Waals surface area (Å²) in [6, 6.07) is 16.3. The number of phenols is 1. The number of hydrogen-bond donors (Lipinski definition) is 2. The second kappa shape index (κ2) is 12.0. The summed E-state index contributed by atoms with van der Waals surface area (Å²) in [7, 11) is 2.99. The summed E-state index contributed by atoms with van der Waals surface area (Å²) in [4.78, 5) is 26.7. The van der Waals surface area contributed by atoms with Crippen LogP contribution in [0, 0.1) is 0 Å². The van der Waals surface area contributed by atoms with E-state index < -0.39 is 12.0 Å². The maximum absolute atomic E-state index is 13.8. The molecule has 0 radical (unpaired) electrons. The lowest BCUT2D eigenvalue weighted by molar-refractivity contribution is -0.142. The Morgan fingerprint density at radius 3 is 2.67 bits per heavy atom. The van der Waals surface area contributed by atoms with Crippen molar-refractivity contribution in [2.75, 3.05) is 20.8 Å². The predicted molar refractivity (Wildman–Crippen MR) is 173 cm³/mol. The quantitative estimate of drug-likeness (QED) is 0.226. The van der Waals surface area contributed by atoms with Crippen molar-refractivity contribution < 1.29 is 28.9 Å². The van der Waals surface area contributed by atoms with Gasteiger partial charge in [-0.25, -0.2) is 4.79 Å². The van der Waals surface area contributed by atoms with Crippen molar-refractivity contribution >= 4 is 28.4 Å². The minimum absolute atomic E-state index is 0.166. The van der Waals surface area contributed by atoms with Gasteiger partial charge in [-0.05, 0) is 83.8 Å². The second-order valence-electron chi connectivity index (χ2n) is 12.2. The Hall–Kier alpha value is -4.72. The molecule has 1 saturated carbocycles. The second-order valence-corrected chi connectivity index (χ2v) is 12.2. The molecule has 1 aliphatic heterocycles. The molecule has 2 N–H and O–H groups in total.